The van der Waals surface area contributed by atoms with Gasteiger partial charge in [0.05, 0.1) is 16.5 Å². The predicted molar refractivity (Wildman–Crippen MR) is 99.2 cm³/mol. The molecule has 0 saturated heterocycles. The average molecular weight is 378 g/mol. The van der Waals surface area contributed by atoms with E-state index in [2.05, 4.69) is 0 Å². The number of fused-ring (bicyclic) bond motifs is 1. The Kier molecular flexibility index (Phi) is 4.45. The van der Waals surface area contributed by atoms with Gasteiger partial charge in [-0.05, 0) is 29.8 Å². The normalized spacial score (nSPS) is 10.8. The maximum Gasteiger partial charge on any atom is 0.343 e. The lowest BCUT2D eigenvalue weighted by atomic mass is 10.1. The Morgan fingerprint density at radius 1 is 0.893 bits per heavy atom. The van der Waals surface area contributed by atoms with Crippen LogP contribution in [0.2, 0.25) is 0 Å². The summed E-state index contributed by atoms with van der Waals surface area (Å²) in [5.74, 6) is -2.62. The molecule has 0 atom stereocenters. The zero-order valence-electron chi connectivity index (χ0n) is 14.3. The highest BCUT2D eigenvalue weighted by Crippen LogP contribution is 2.23. The van der Waals surface area contributed by atoms with Crippen molar-refractivity contribution >= 4 is 16.9 Å². The van der Waals surface area contributed by atoms with Crippen LogP contribution in [0, 0.1) is 11.6 Å². The summed E-state index contributed by atoms with van der Waals surface area (Å²) >= 11 is 0. The molecule has 0 aliphatic heterocycles. The van der Waals surface area contributed by atoms with Crippen LogP contribution in [0.25, 0.3) is 22.1 Å². The van der Waals surface area contributed by atoms with E-state index < -0.39 is 17.6 Å². The van der Waals surface area contributed by atoms with Crippen LogP contribution in [-0.2, 0) is 0 Å². The second kappa shape index (κ2) is 7.08. The topological polar surface area (TPSA) is 56.5 Å². The minimum absolute atomic E-state index is 0.0813. The van der Waals surface area contributed by atoms with Crippen LogP contribution in [0.15, 0.2) is 82.2 Å². The summed E-state index contributed by atoms with van der Waals surface area (Å²) in [6, 6.07) is 15.7. The smallest absolute Gasteiger partial charge is 0.343 e. The SMILES string of the molecule is O=C(Oc1ccc2c(=O)c(-c3ccccc3)coc2c1)c1cc(F)cc(F)c1. The number of carbonyl (C=O) groups excluding carboxylic acids is 1. The van der Waals surface area contributed by atoms with Gasteiger partial charge in [-0.1, -0.05) is 30.3 Å². The molecule has 0 bridgehead atoms. The molecule has 6 heteroatoms. The van der Waals surface area contributed by atoms with Gasteiger partial charge in [0.15, 0.2) is 5.43 Å². The Labute approximate surface area is 157 Å². The molecule has 0 N–H and O–H groups in total. The molecule has 1 aromatic heterocycles. The molecule has 4 nitrogen and oxygen atoms in total. The maximum absolute atomic E-state index is 13.3. The summed E-state index contributed by atoms with van der Waals surface area (Å²) in [4.78, 5) is 24.8. The third kappa shape index (κ3) is 3.40. The fourth-order valence-electron chi connectivity index (χ4n) is 2.83. The quantitative estimate of drug-likeness (QED) is 0.374. The molecule has 0 radical (unpaired) electrons. The first-order chi connectivity index (χ1) is 13.5. The van der Waals surface area contributed by atoms with Gasteiger partial charge in [-0.2, -0.15) is 0 Å². The number of halogens is 2. The van der Waals surface area contributed by atoms with Crippen LogP contribution < -0.4 is 10.2 Å². The highest BCUT2D eigenvalue weighted by molar-refractivity contribution is 5.92. The van der Waals surface area contributed by atoms with Crippen molar-refractivity contribution in [2.75, 3.05) is 0 Å². The Balaban J connectivity index is 1.67. The van der Waals surface area contributed by atoms with Gasteiger partial charge in [0, 0.05) is 12.1 Å². The summed E-state index contributed by atoms with van der Waals surface area (Å²) in [7, 11) is 0. The number of hydrogen-bond donors (Lipinski definition) is 0. The molecule has 0 aliphatic carbocycles. The number of esters is 1. The summed E-state index contributed by atoms with van der Waals surface area (Å²) < 4.78 is 37.2. The van der Waals surface area contributed by atoms with Crippen molar-refractivity contribution in [1.82, 2.24) is 0 Å². The zero-order valence-corrected chi connectivity index (χ0v) is 14.3. The molecule has 0 fully saturated rings. The molecule has 138 valence electrons. The Morgan fingerprint density at radius 3 is 2.32 bits per heavy atom. The first-order valence-electron chi connectivity index (χ1n) is 8.30. The van der Waals surface area contributed by atoms with Crippen LogP contribution in [-0.4, -0.2) is 5.97 Å². The highest BCUT2D eigenvalue weighted by atomic mass is 19.1. The van der Waals surface area contributed by atoms with Crippen molar-refractivity contribution in [3.05, 3.63) is 100 Å². The number of hydrogen-bond acceptors (Lipinski definition) is 4. The van der Waals surface area contributed by atoms with Gasteiger partial charge in [-0.15, -0.1) is 0 Å². The molecule has 0 amide bonds. The molecular weight excluding hydrogens is 366 g/mol. The van der Waals surface area contributed by atoms with Crippen LogP contribution in [0.3, 0.4) is 0 Å². The summed E-state index contributed by atoms with van der Waals surface area (Å²) in [6.07, 6.45) is 1.34. The molecule has 4 aromatic rings. The Hall–Kier alpha value is -3.80. The van der Waals surface area contributed by atoms with Gasteiger partial charge >= 0.3 is 5.97 Å². The molecule has 1 heterocycles. The summed E-state index contributed by atoms with van der Waals surface area (Å²) in [5, 5.41) is 0.318. The third-order valence-corrected chi connectivity index (χ3v) is 4.14. The molecule has 0 spiro atoms. The highest BCUT2D eigenvalue weighted by Gasteiger charge is 2.14. The zero-order chi connectivity index (χ0) is 19.7. The molecule has 3 aromatic carbocycles. The summed E-state index contributed by atoms with van der Waals surface area (Å²) in [5.41, 5.74) is 0.867. The fraction of sp³-hybridized carbons (Fsp3) is 0. The molecule has 0 unspecified atom stereocenters. The molecule has 4 rings (SSSR count). The van der Waals surface area contributed by atoms with Gasteiger partial charge in [-0.25, -0.2) is 13.6 Å². The lowest BCUT2D eigenvalue weighted by Crippen LogP contribution is -2.10. The maximum atomic E-state index is 13.3. The van der Waals surface area contributed by atoms with E-state index in [0.29, 0.717) is 17.0 Å². The van der Waals surface area contributed by atoms with E-state index >= 15 is 0 Å². The second-order valence-electron chi connectivity index (χ2n) is 6.05. The minimum Gasteiger partial charge on any atom is -0.463 e. The van der Waals surface area contributed by atoms with Gasteiger partial charge < -0.3 is 9.15 Å². The standard InChI is InChI=1S/C22H12F2O4/c23-15-8-14(9-16(24)10-15)22(26)28-17-6-7-18-20(11-17)27-12-19(21(18)25)13-4-2-1-3-5-13/h1-12H. The number of rotatable bonds is 3. The molecule has 0 saturated carbocycles. The first kappa shape index (κ1) is 17.6. The lowest BCUT2D eigenvalue weighted by molar-refractivity contribution is 0.0734. The lowest BCUT2D eigenvalue weighted by Gasteiger charge is -2.07. The number of carbonyl (C=O) groups is 1. The number of ether oxygens (including phenoxy) is 1. The largest absolute Gasteiger partial charge is 0.463 e. The van der Waals surface area contributed by atoms with Crippen molar-refractivity contribution in [2.45, 2.75) is 0 Å². The monoisotopic (exact) mass is 378 g/mol. The average Bonchev–Trinajstić information content (AvgIpc) is 2.68. The van der Waals surface area contributed by atoms with Crippen molar-refractivity contribution in [3.8, 4) is 16.9 Å². The molecule has 28 heavy (non-hydrogen) atoms. The van der Waals surface area contributed by atoms with Gasteiger partial charge in [0.1, 0.15) is 29.2 Å². The third-order valence-electron chi connectivity index (χ3n) is 4.14. The van der Waals surface area contributed by atoms with Gasteiger partial charge in [-0.3, -0.25) is 4.79 Å². The van der Waals surface area contributed by atoms with Crippen molar-refractivity contribution in [1.29, 1.82) is 0 Å². The van der Waals surface area contributed by atoms with E-state index in [-0.39, 0.29) is 22.3 Å². The second-order valence-corrected chi connectivity index (χ2v) is 6.05. The Bertz CT molecular complexity index is 1230. The van der Waals surface area contributed by atoms with E-state index in [1.165, 1.54) is 24.5 Å². The van der Waals surface area contributed by atoms with Gasteiger partial charge in [0.2, 0.25) is 0 Å². The fourth-order valence-corrected chi connectivity index (χ4v) is 2.83. The van der Waals surface area contributed by atoms with Crippen molar-refractivity contribution in [3.63, 3.8) is 0 Å². The first-order valence-corrected chi connectivity index (χ1v) is 8.30. The Morgan fingerprint density at radius 2 is 1.61 bits per heavy atom. The predicted octanol–water partition coefficient (Wildman–Crippen LogP) is 4.96. The molecule has 0 aliphatic rings. The van der Waals surface area contributed by atoms with Crippen LogP contribution >= 0.6 is 0 Å². The van der Waals surface area contributed by atoms with Crippen LogP contribution in [0.4, 0.5) is 8.78 Å². The van der Waals surface area contributed by atoms with Crippen LogP contribution in [0.1, 0.15) is 10.4 Å². The van der Waals surface area contributed by atoms with E-state index in [1.807, 2.05) is 18.2 Å². The minimum atomic E-state index is -0.930. The van der Waals surface area contributed by atoms with Crippen molar-refractivity contribution < 1.29 is 22.7 Å². The van der Waals surface area contributed by atoms with E-state index in [1.54, 1.807) is 12.1 Å². The van der Waals surface area contributed by atoms with Crippen LogP contribution in [0.5, 0.6) is 5.75 Å². The van der Waals surface area contributed by atoms with E-state index in [0.717, 1.165) is 17.7 Å². The van der Waals surface area contributed by atoms with Crippen molar-refractivity contribution in [2.24, 2.45) is 0 Å². The summed E-state index contributed by atoms with van der Waals surface area (Å²) in [6.45, 7) is 0. The van der Waals surface area contributed by atoms with Gasteiger partial charge in [0.25, 0.3) is 0 Å². The number of benzene rings is 3. The van der Waals surface area contributed by atoms with E-state index in [9.17, 15) is 18.4 Å². The molecular formula is C22H12F2O4. The van der Waals surface area contributed by atoms with E-state index in [4.69, 9.17) is 9.15 Å².